The molecule has 2 aromatic rings. The van der Waals surface area contributed by atoms with E-state index in [0.29, 0.717) is 0 Å². The standard InChI is InChI=1S/C20H22/c1-3-5-6-18-11-13-20(14-12-18)16-15-19-9-7-17(4-2)8-10-19/h7-14H,3-6H2,1-2H3. The van der Waals surface area contributed by atoms with Crippen molar-refractivity contribution in [2.45, 2.75) is 39.5 Å². The zero-order valence-corrected chi connectivity index (χ0v) is 12.4. The summed E-state index contributed by atoms with van der Waals surface area (Å²) in [6, 6.07) is 17.1. The SMILES string of the molecule is CCCCc1ccc(C#Cc2ccc(CC)cc2)cc1. The summed E-state index contributed by atoms with van der Waals surface area (Å²) < 4.78 is 0. The van der Waals surface area contributed by atoms with Crippen LogP contribution in [0.4, 0.5) is 0 Å². The summed E-state index contributed by atoms with van der Waals surface area (Å²) in [5.41, 5.74) is 4.93. The smallest absolute Gasteiger partial charge is 0.0249 e. The van der Waals surface area contributed by atoms with Gasteiger partial charge in [0.15, 0.2) is 0 Å². The van der Waals surface area contributed by atoms with Crippen LogP contribution in [0.5, 0.6) is 0 Å². The summed E-state index contributed by atoms with van der Waals surface area (Å²) in [6.07, 6.45) is 4.75. The lowest BCUT2D eigenvalue weighted by atomic mass is 10.1. The second-order valence-electron chi connectivity index (χ2n) is 5.10. The molecule has 0 aromatic heterocycles. The summed E-state index contributed by atoms with van der Waals surface area (Å²) in [6.45, 7) is 4.39. The molecule has 2 aromatic carbocycles. The summed E-state index contributed by atoms with van der Waals surface area (Å²) in [5, 5.41) is 0. The number of rotatable bonds is 4. The van der Waals surface area contributed by atoms with E-state index in [4.69, 9.17) is 0 Å². The molecule has 0 aliphatic heterocycles. The van der Waals surface area contributed by atoms with Crippen molar-refractivity contribution >= 4 is 0 Å². The number of hydrogen-bond acceptors (Lipinski definition) is 0. The molecule has 0 radical (unpaired) electrons. The highest BCUT2D eigenvalue weighted by Crippen LogP contribution is 2.08. The van der Waals surface area contributed by atoms with Crippen LogP contribution in [0, 0.1) is 11.8 Å². The number of hydrogen-bond donors (Lipinski definition) is 0. The molecule has 0 amide bonds. The van der Waals surface area contributed by atoms with Crippen molar-refractivity contribution in [1.82, 2.24) is 0 Å². The minimum absolute atomic E-state index is 1.08. The molecule has 0 saturated heterocycles. The van der Waals surface area contributed by atoms with E-state index in [1.54, 1.807) is 0 Å². The van der Waals surface area contributed by atoms with Crippen LogP contribution in [0.2, 0.25) is 0 Å². The predicted molar refractivity (Wildman–Crippen MR) is 86.9 cm³/mol. The van der Waals surface area contributed by atoms with E-state index < -0.39 is 0 Å². The van der Waals surface area contributed by atoms with Crippen LogP contribution < -0.4 is 0 Å². The van der Waals surface area contributed by atoms with Crippen LogP contribution in [0.1, 0.15) is 48.9 Å². The fourth-order valence-corrected chi connectivity index (χ4v) is 2.10. The Balaban J connectivity index is 2.04. The fourth-order valence-electron chi connectivity index (χ4n) is 2.10. The Morgan fingerprint density at radius 2 is 1.20 bits per heavy atom. The second kappa shape index (κ2) is 7.56. The first-order valence-corrected chi connectivity index (χ1v) is 7.51. The van der Waals surface area contributed by atoms with Crippen molar-refractivity contribution in [3.63, 3.8) is 0 Å². The Labute approximate surface area is 122 Å². The molecule has 0 heteroatoms. The molecule has 2 rings (SSSR count). The van der Waals surface area contributed by atoms with E-state index in [2.05, 4.69) is 74.2 Å². The first-order valence-electron chi connectivity index (χ1n) is 7.51. The first kappa shape index (κ1) is 14.4. The zero-order chi connectivity index (χ0) is 14.2. The van der Waals surface area contributed by atoms with Gasteiger partial charge in [0.1, 0.15) is 0 Å². The molecular weight excluding hydrogens is 240 g/mol. The molecule has 102 valence electrons. The van der Waals surface area contributed by atoms with Crippen molar-refractivity contribution in [2.24, 2.45) is 0 Å². The maximum atomic E-state index is 3.23. The Kier molecular flexibility index (Phi) is 5.44. The Hall–Kier alpha value is -2.00. The Morgan fingerprint density at radius 1 is 0.700 bits per heavy atom. The highest BCUT2D eigenvalue weighted by molar-refractivity contribution is 5.44. The van der Waals surface area contributed by atoms with Crippen LogP contribution in [0.15, 0.2) is 48.5 Å². The summed E-state index contributed by atoms with van der Waals surface area (Å²) in [7, 11) is 0. The summed E-state index contributed by atoms with van der Waals surface area (Å²) in [4.78, 5) is 0. The van der Waals surface area contributed by atoms with Crippen LogP contribution in [-0.4, -0.2) is 0 Å². The van der Waals surface area contributed by atoms with Gasteiger partial charge in [-0.25, -0.2) is 0 Å². The van der Waals surface area contributed by atoms with E-state index in [1.165, 1.54) is 30.4 Å². The van der Waals surface area contributed by atoms with Gasteiger partial charge in [0.2, 0.25) is 0 Å². The molecule has 20 heavy (non-hydrogen) atoms. The van der Waals surface area contributed by atoms with Gasteiger partial charge < -0.3 is 0 Å². The number of benzene rings is 2. The topological polar surface area (TPSA) is 0 Å². The third-order valence-electron chi connectivity index (χ3n) is 3.49. The Bertz CT molecular complexity index is 577. The van der Waals surface area contributed by atoms with Crippen molar-refractivity contribution in [2.75, 3.05) is 0 Å². The van der Waals surface area contributed by atoms with Gasteiger partial charge in [-0.3, -0.25) is 0 Å². The maximum absolute atomic E-state index is 3.23. The van der Waals surface area contributed by atoms with Crippen LogP contribution in [0.3, 0.4) is 0 Å². The molecule has 0 saturated carbocycles. The summed E-state index contributed by atoms with van der Waals surface area (Å²) in [5.74, 6) is 6.46. The molecule has 0 nitrogen and oxygen atoms in total. The van der Waals surface area contributed by atoms with E-state index in [0.717, 1.165) is 17.5 Å². The lowest BCUT2D eigenvalue weighted by molar-refractivity contribution is 0.795. The molecule has 0 fully saturated rings. The minimum Gasteiger partial charge on any atom is -0.0654 e. The second-order valence-corrected chi connectivity index (χ2v) is 5.10. The third kappa shape index (κ3) is 4.28. The largest absolute Gasteiger partial charge is 0.0654 e. The van der Waals surface area contributed by atoms with Gasteiger partial charge in [-0.1, -0.05) is 56.4 Å². The lowest BCUT2D eigenvalue weighted by Gasteiger charge is -1.99. The van der Waals surface area contributed by atoms with E-state index in [1.807, 2.05) is 0 Å². The third-order valence-corrected chi connectivity index (χ3v) is 3.49. The van der Waals surface area contributed by atoms with Gasteiger partial charge in [0.25, 0.3) is 0 Å². The van der Waals surface area contributed by atoms with Crippen molar-refractivity contribution in [1.29, 1.82) is 0 Å². The van der Waals surface area contributed by atoms with E-state index in [-0.39, 0.29) is 0 Å². The molecule has 0 N–H and O–H groups in total. The molecule has 0 aliphatic carbocycles. The van der Waals surface area contributed by atoms with Gasteiger partial charge in [-0.05, 0) is 54.7 Å². The van der Waals surface area contributed by atoms with Crippen LogP contribution >= 0.6 is 0 Å². The van der Waals surface area contributed by atoms with Crippen molar-refractivity contribution < 1.29 is 0 Å². The van der Waals surface area contributed by atoms with E-state index >= 15 is 0 Å². The molecule has 0 bridgehead atoms. The minimum atomic E-state index is 1.08. The number of aryl methyl sites for hydroxylation is 2. The van der Waals surface area contributed by atoms with Crippen LogP contribution in [-0.2, 0) is 12.8 Å². The quantitative estimate of drug-likeness (QED) is 0.681. The normalized spacial score (nSPS) is 9.90. The summed E-state index contributed by atoms with van der Waals surface area (Å²) >= 11 is 0. The molecule has 0 aliphatic rings. The molecule has 0 spiro atoms. The fraction of sp³-hybridized carbons (Fsp3) is 0.300. The van der Waals surface area contributed by atoms with Crippen LogP contribution in [0.25, 0.3) is 0 Å². The van der Waals surface area contributed by atoms with Gasteiger partial charge in [0.05, 0.1) is 0 Å². The molecular formula is C20H22. The van der Waals surface area contributed by atoms with Gasteiger partial charge in [-0.2, -0.15) is 0 Å². The predicted octanol–water partition coefficient (Wildman–Crippen LogP) is 4.99. The number of unbranched alkanes of at least 4 members (excludes halogenated alkanes) is 1. The average Bonchev–Trinajstić information content (AvgIpc) is 2.52. The average molecular weight is 262 g/mol. The van der Waals surface area contributed by atoms with Crippen molar-refractivity contribution in [3.05, 3.63) is 70.8 Å². The van der Waals surface area contributed by atoms with E-state index in [9.17, 15) is 0 Å². The molecule has 0 atom stereocenters. The van der Waals surface area contributed by atoms with Gasteiger partial charge >= 0.3 is 0 Å². The molecule has 0 unspecified atom stereocenters. The van der Waals surface area contributed by atoms with Gasteiger partial charge in [-0.15, -0.1) is 0 Å². The Morgan fingerprint density at radius 3 is 1.65 bits per heavy atom. The lowest BCUT2D eigenvalue weighted by Crippen LogP contribution is -1.85. The highest BCUT2D eigenvalue weighted by Gasteiger charge is 1.93. The van der Waals surface area contributed by atoms with Crippen molar-refractivity contribution in [3.8, 4) is 11.8 Å². The van der Waals surface area contributed by atoms with Gasteiger partial charge in [0, 0.05) is 11.1 Å². The maximum Gasteiger partial charge on any atom is 0.0249 e. The monoisotopic (exact) mass is 262 g/mol. The zero-order valence-electron chi connectivity index (χ0n) is 12.4. The molecule has 0 heterocycles. The first-order chi connectivity index (χ1) is 9.81. The highest BCUT2D eigenvalue weighted by atomic mass is 14.0.